The fourth-order valence-corrected chi connectivity index (χ4v) is 2.03. The van der Waals surface area contributed by atoms with Crippen LogP contribution in [0.25, 0.3) is 0 Å². The van der Waals surface area contributed by atoms with Gasteiger partial charge in [0.25, 0.3) is 5.91 Å². The lowest BCUT2D eigenvalue weighted by Crippen LogP contribution is -2.19. The van der Waals surface area contributed by atoms with Gasteiger partial charge in [0, 0.05) is 6.54 Å². The Balaban J connectivity index is 3.03. The summed E-state index contributed by atoms with van der Waals surface area (Å²) in [7, 11) is 0. The van der Waals surface area contributed by atoms with Crippen molar-refractivity contribution in [3.05, 3.63) is 21.5 Å². The molecule has 1 rings (SSSR count). The molecule has 0 spiro atoms. The van der Waals surface area contributed by atoms with Gasteiger partial charge in [0.2, 0.25) is 5.69 Å². The first-order valence-corrected chi connectivity index (χ1v) is 6.56. The van der Waals surface area contributed by atoms with Crippen LogP contribution in [0.2, 0.25) is 0 Å². The number of hydrogen-bond acceptors (Lipinski definition) is 4. The van der Waals surface area contributed by atoms with Crippen LogP contribution in [0.15, 0.2) is 0 Å². The van der Waals surface area contributed by atoms with Crippen LogP contribution in [-0.2, 0) is 13.0 Å². The van der Waals surface area contributed by atoms with Gasteiger partial charge in [0.15, 0.2) is 0 Å². The Morgan fingerprint density at radius 2 is 2.05 bits per heavy atom. The number of nitro groups is 1. The van der Waals surface area contributed by atoms with Gasteiger partial charge in [-0.1, -0.05) is 33.1 Å². The molecule has 0 bridgehead atoms. The van der Waals surface area contributed by atoms with Gasteiger partial charge in [-0.05, 0) is 12.8 Å². The third-order valence-electron chi connectivity index (χ3n) is 2.97. The molecule has 1 aromatic rings. The first-order chi connectivity index (χ1) is 9.02. The first kappa shape index (κ1) is 15.1. The molecule has 0 saturated heterocycles. The number of amides is 1. The average molecular weight is 268 g/mol. The van der Waals surface area contributed by atoms with E-state index in [1.807, 2.05) is 0 Å². The molecule has 106 valence electrons. The fourth-order valence-electron chi connectivity index (χ4n) is 2.03. The van der Waals surface area contributed by atoms with Crippen molar-refractivity contribution >= 4 is 11.6 Å². The number of primary amides is 1. The van der Waals surface area contributed by atoms with Crippen LogP contribution in [0.4, 0.5) is 5.69 Å². The van der Waals surface area contributed by atoms with Gasteiger partial charge in [-0.3, -0.25) is 19.6 Å². The fraction of sp³-hybridized carbons (Fsp3) is 0.667. The number of rotatable bonds is 8. The van der Waals surface area contributed by atoms with E-state index in [1.54, 1.807) is 6.92 Å². The molecule has 0 aliphatic carbocycles. The summed E-state index contributed by atoms with van der Waals surface area (Å²) in [6.45, 7) is 4.35. The van der Waals surface area contributed by atoms with Gasteiger partial charge in [-0.15, -0.1) is 0 Å². The highest BCUT2D eigenvalue weighted by Crippen LogP contribution is 2.24. The molecule has 7 nitrogen and oxygen atoms in total. The van der Waals surface area contributed by atoms with Gasteiger partial charge in [0.1, 0.15) is 5.69 Å². The van der Waals surface area contributed by atoms with Crippen molar-refractivity contribution in [2.75, 3.05) is 0 Å². The quantitative estimate of drug-likeness (QED) is 0.442. The van der Waals surface area contributed by atoms with Crippen LogP contribution >= 0.6 is 0 Å². The van der Waals surface area contributed by atoms with E-state index in [2.05, 4.69) is 12.0 Å². The highest BCUT2D eigenvalue weighted by atomic mass is 16.6. The third kappa shape index (κ3) is 3.52. The maximum absolute atomic E-state index is 11.4. The molecule has 0 aromatic carbocycles. The van der Waals surface area contributed by atoms with Crippen molar-refractivity contribution in [3.8, 4) is 0 Å². The number of aryl methyl sites for hydroxylation is 2. The molecule has 0 radical (unpaired) electrons. The Bertz CT molecular complexity index is 468. The van der Waals surface area contributed by atoms with Gasteiger partial charge in [-0.25, -0.2) is 0 Å². The van der Waals surface area contributed by atoms with E-state index < -0.39 is 10.8 Å². The lowest BCUT2D eigenvalue weighted by molar-refractivity contribution is -0.385. The van der Waals surface area contributed by atoms with Crippen LogP contribution in [0.5, 0.6) is 0 Å². The van der Waals surface area contributed by atoms with E-state index >= 15 is 0 Å². The lowest BCUT2D eigenvalue weighted by atomic mass is 10.2. The molecule has 19 heavy (non-hydrogen) atoms. The molecule has 0 aliphatic rings. The topological polar surface area (TPSA) is 104 Å². The van der Waals surface area contributed by atoms with E-state index in [1.165, 1.54) is 4.68 Å². The zero-order chi connectivity index (χ0) is 14.4. The molecule has 1 aromatic heterocycles. The van der Waals surface area contributed by atoms with Gasteiger partial charge < -0.3 is 5.73 Å². The lowest BCUT2D eigenvalue weighted by Gasteiger charge is -2.03. The standard InChI is InChI=1S/C12H20N4O3/c1-3-5-6-7-8-15-11(12(13)17)10(16(18)19)9(4-2)14-15/h3-8H2,1-2H3,(H2,13,17). The Morgan fingerprint density at radius 1 is 1.37 bits per heavy atom. The second kappa shape index (κ2) is 6.86. The minimum Gasteiger partial charge on any atom is -0.364 e. The molecule has 2 N–H and O–H groups in total. The predicted octanol–water partition coefficient (Wildman–Crippen LogP) is 2.03. The molecule has 0 saturated carbocycles. The predicted molar refractivity (Wildman–Crippen MR) is 70.9 cm³/mol. The number of aromatic nitrogens is 2. The number of nitrogens with zero attached hydrogens (tertiary/aromatic N) is 3. The van der Waals surface area contributed by atoms with Crippen LogP contribution in [0, 0.1) is 10.1 Å². The van der Waals surface area contributed by atoms with Crippen molar-refractivity contribution in [3.63, 3.8) is 0 Å². The zero-order valence-corrected chi connectivity index (χ0v) is 11.4. The third-order valence-corrected chi connectivity index (χ3v) is 2.97. The van der Waals surface area contributed by atoms with E-state index in [0.29, 0.717) is 18.7 Å². The van der Waals surface area contributed by atoms with Gasteiger partial charge >= 0.3 is 5.69 Å². The summed E-state index contributed by atoms with van der Waals surface area (Å²) < 4.78 is 1.38. The first-order valence-electron chi connectivity index (χ1n) is 6.56. The summed E-state index contributed by atoms with van der Waals surface area (Å²) in [5.41, 5.74) is 5.23. The molecule has 0 fully saturated rings. The molecule has 1 heterocycles. The summed E-state index contributed by atoms with van der Waals surface area (Å²) >= 11 is 0. The molecule has 0 aliphatic heterocycles. The second-order valence-corrected chi connectivity index (χ2v) is 4.40. The summed E-state index contributed by atoms with van der Waals surface area (Å²) in [6, 6.07) is 0. The largest absolute Gasteiger partial charge is 0.364 e. The van der Waals surface area contributed by atoms with Crippen LogP contribution < -0.4 is 5.73 Å². The normalized spacial score (nSPS) is 10.6. The van der Waals surface area contributed by atoms with E-state index in [0.717, 1.165) is 25.7 Å². The average Bonchev–Trinajstić information content (AvgIpc) is 2.73. The highest BCUT2D eigenvalue weighted by Gasteiger charge is 2.29. The van der Waals surface area contributed by atoms with Crippen molar-refractivity contribution in [1.82, 2.24) is 9.78 Å². The van der Waals surface area contributed by atoms with Gasteiger partial charge in [-0.2, -0.15) is 5.10 Å². The van der Waals surface area contributed by atoms with Crippen LogP contribution in [0.1, 0.15) is 55.7 Å². The highest BCUT2D eigenvalue weighted by molar-refractivity contribution is 5.95. The van der Waals surface area contributed by atoms with Crippen molar-refractivity contribution in [1.29, 1.82) is 0 Å². The second-order valence-electron chi connectivity index (χ2n) is 4.40. The summed E-state index contributed by atoms with van der Waals surface area (Å²) in [5.74, 6) is -0.797. The van der Waals surface area contributed by atoms with E-state index in [9.17, 15) is 14.9 Å². The Morgan fingerprint density at radius 3 is 2.53 bits per heavy atom. The van der Waals surface area contributed by atoms with Gasteiger partial charge in [0.05, 0.1) is 4.92 Å². The molecule has 0 unspecified atom stereocenters. The summed E-state index contributed by atoms with van der Waals surface area (Å²) in [5, 5.41) is 15.2. The number of carbonyl (C=O) groups excluding carboxylic acids is 1. The molecule has 1 amide bonds. The van der Waals surface area contributed by atoms with Crippen molar-refractivity contribution in [2.45, 2.75) is 52.5 Å². The smallest absolute Gasteiger partial charge is 0.323 e. The number of unbranched alkanes of at least 4 members (excludes halogenated alkanes) is 3. The zero-order valence-electron chi connectivity index (χ0n) is 11.4. The molecular formula is C12H20N4O3. The minimum atomic E-state index is -0.797. The number of hydrogen-bond donors (Lipinski definition) is 1. The van der Waals surface area contributed by atoms with E-state index in [-0.39, 0.29) is 11.4 Å². The monoisotopic (exact) mass is 268 g/mol. The SMILES string of the molecule is CCCCCCn1nc(CC)c([N+](=O)[O-])c1C(N)=O. The molecule has 7 heteroatoms. The Labute approximate surface area is 111 Å². The number of carbonyl (C=O) groups is 1. The summed E-state index contributed by atoms with van der Waals surface area (Å²) in [4.78, 5) is 21.9. The van der Waals surface area contributed by atoms with Crippen molar-refractivity contribution in [2.24, 2.45) is 5.73 Å². The van der Waals surface area contributed by atoms with E-state index in [4.69, 9.17) is 5.73 Å². The Hall–Kier alpha value is -1.92. The maximum atomic E-state index is 11.4. The number of nitrogens with two attached hydrogens (primary N) is 1. The van der Waals surface area contributed by atoms with Crippen LogP contribution in [0.3, 0.4) is 0 Å². The maximum Gasteiger partial charge on any atom is 0.323 e. The van der Waals surface area contributed by atoms with Crippen LogP contribution in [-0.4, -0.2) is 20.6 Å². The Kier molecular flexibility index (Phi) is 5.47. The minimum absolute atomic E-state index is 0.0849. The molecule has 0 atom stereocenters. The molecular weight excluding hydrogens is 248 g/mol. The van der Waals surface area contributed by atoms with Crippen molar-refractivity contribution < 1.29 is 9.72 Å². The summed E-state index contributed by atoms with van der Waals surface area (Å²) in [6.07, 6.45) is 4.43.